The Morgan fingerprint density at radius 1 is 1.47 bits per heavy atom. The number of rotatable bonds is 2. The molecule has 1 aliphatic rings. The Morgan fingerprint density at radius 2 is 2.29 bits per heavy atom. The maximum absolute atomic E-state index is 13.9. The fourth-order valence-electron chi connectivity index (χ4n) is 2.50. The first-order valence-corrected chi connectivity index (χ1v) is 6.45. The van der Waals surface area contributed by atoms with Gasteiger partial charge in [0.1, 0.15) is 5.82 Å². The first-order valence-electron chi connectivity index (χ1n) is 6.45. The summed E-state index contributed by atoms with van der Waals surface area (Å²) in [5, 5.41) is 3.51. The molecule has 0 bridgehead atoms. The van der Waals surface area contributed by atoms with Crippen molar-refractivity contribution in [1.29, 1.82) is 0 Å². The van der Waals surface area contributed by atoms with Gasteiger partial charge in [0.15, 0.2) is 0 Å². The molecule has 1 aromatic rings. The van der Waals surface area contributed by atoms with Crippen molar-refractivity contribution in [3.8, 4) is 0 Å². The summed E-state index contributed by atoms with van der Waals surface area (Å²) >= 11 is 0. The van der Waals surface area contributed by atoms with Crippen LogP contribution in [0.3, 0.4) is 0 Å². The summed E-state index contributed by atoms with van der Waals surface area (Å²) in [6.45, 7) is 7.03. The van der Waals surface area contributed by atoms with Gasteiger partial charge in [-0.1, -0.05) is 19.1 Å². The predicted octanol–water partition coefficient (Wildman–Crippen LogP) is 2.71. The second-order valence-electron chi connectivity index (χ2n) is 4.76. The summed E-state index contributed by atoms with van der Waals surface area (Å²) in [5.41, 5.74) is 1.82. The van der Waals surface area contributed by atoms with Crippen molar-refractivity contribution in [2.24, 2.45) is 0 Å². The fourth-order valence-corrected chi connectivity index (χ4v) is 2.50. The van der Waals surface area contributed by atoms with Crippen molar-refractivity contribution < 1.29 is 4.39 Å². The van der Waals surface area contributed by atoms with Crippen LogP contribution >= 0.6 is 0 Å². The van der Waals surface area contributed by atoms with Crippen molar-refractivity contribution in [3.63, 3.8) is 0 Å². The van der Waals surface area contributed by atoms with Gasteiger partial charge in [0.05, 0.1) is 5.69 Å². The van der Waals surface area contributed by atoms with E-state index in [4.69, 9.17) is 0 Å². The molecule has 1 N–H and O–H groups in total. The third-order valence-corrected chi connectivity index (χ3v) is 3.48. The molecule has 0 saturated carbocycles. The van der Waals surface area contributed by atoms with Crippen LogP contribution in [0.2, 0.25) is 0 Å². The van der Waals surface area contributed by atoms with Gasteiger partial charge in [-0.05, 0) is 37.9 Å². The molecule has 1 fully saturated rings. The summed E-state index contributed by atoms with van der Waals surface area (Å²) in [7, 11) is 0. The Bertz CT molecular complexity index is 358. The number of hydrogen-bond acceptors (Lipinski definition) is 2. The molecule has 2 nitrogen and oxygen atoms in total. The lowest BCUT2D eigenvalue weighted by atomic mass is 10.1. The maximum atomic E-state index is 13.9. The van der Waals surface area contributed by atoms with Gasteiger partial charge in [0, 0.05) is 19.1 Å². The SMILES string of the molecule is CCC1CN(c2c(C)cccc2F)CCCN1. The molecule has 0 spiro atoms. The number of benzene rings is 1. The van der Waals surface area contributed by atoms with E-state index in [9.17, 15) is 4.39 Å². The molecule has 0 aromatic heterocycles. The third kappa shape index (κ3) is 2.78. The van der Waals surface area contributed by atoms with Crippen LogP contribution < -0.4 is 10.2 Å². The average Bonchev–Trinajstić information content (AvgIpc) is 2.54. The fraction of sp³-hybridized carbons (Fsp3) is 0.571. The second kappa shape index (κ2) is 5.50. The van der Waals surface area contributed by atoms with Crippen molar-refractivity contribution in [3.05, 3.63) is 29.6 Å². The highest BCUT2D eigenvalue weighted by Crippen LogP contribution is 2.25. The number of aryl methyl sites for hydroxylation is 1. The lowest BCUT2D eigenvalue weighted by molar-refractivity contribution is 0.525. The van der Waals surface area contributed by atoms with Crippen molar-refractivity contribution in [2.75, 3.05) is 24.5 Å². The van der Waals surface area contributed by atoms with Crippen molar-refractivity contribution in [2.45, 2.75) is 32.7 Å². The standard InChI is InChI=1S/C14H21FN2/c1-3-12-10-17(9-5-8-16-12)14-11(2)6-4-7-13(14)15/h4,6-7,12,16H,3,5,8-10H2,1-2H3. The van der Waals surface area contributed by atoms with E-state index in [1.165, 1.54) is 0 Å². The molecule has 1 aliphatic heterocycles. The summed E-state index contributed by atoms with van der Waals surface area (Å²) in [6, 6.07) is 5.79. The Labute approximate surface area is 103 Å². The molecule has 2 rings (SSSR count). The Hall–Kier alpha value is -1.09. The van der Waals surface area contributed by atoms with Crippen LogP contribution in [0.15, 0.2) is 18.2 Å². The second-order valence-corrected chi connectivity index (χ2v) is 4.76. The number of nitrogens with one attached hydrogen (secondary N) is 1. The first-order chi connectivity index (χ1) is 8.22. The monoisotopic (exact) mass is 236 g/mol. The first kappa shape index (κ1) is 12.4. The van der Waals surface area contributed by atoms with Gasteiger partial charge in [-0.25, -0.2) is 4.39 Å². The number of para-hydroxylation sites is 1. The van der Waals surface area contributed by atoms with E-state index in [1.807, 2.05) is 13.0 Å². The predicted molar refractivity (Wildman–Crippen MR) is 70.0 cm³/mol. The Balaban J connectivity index is 2.25. The molecule has 17 heavy (non-hydrogen) atoms. The lowest BCUT2D eigenvalue weighted by Gasteiger charge is -2.27. The van der Waals surface area contributed by atoms with Gasteiger partial charge in [-0.2, -0.15) is 0 Å². The lowest BCUT2D eigenvalue weighted by Crippen LogP contribution is -2.37. The zero-order valence-corrected chi connectivity index (χ0v) is 10.7. The summed E-state index contributed by atoms with van der Waals surface area (Å²) < 4.78 is 13.9. The van der Waals surface area contributed by atoms with E-state index in [-0.39, 0.29) is 5.82 Å². The van der Waals surface area contributed by atoms with E-state index < -0.39 is 0 Å². The zero-order chi connectivity index (χ0) is 12.3. The zero-order valence-electron chi connectivity index (χ0n) is 10.7. The topological polar surface area (TPSA) is 15.3 Å². The molecule has 1 saturated heterocycles. The molecule has 0 aliphatic carbocycles. The summed E-state index contributed by atoms with van der Waals surface area (Å²) in [6.07, 6.45) is 2.16. The average molecular weight is 236 g/mol. The smallest absolute Gasteiger partial charge is 0.146 e. The molecule has 1 aromatic carbocycles. The van der Waals surface area contributed by atoms with Crippen molar-refractivity contribution >= 4 is 5.69 Å². The summed E-state index contributed by atoms with van der Waals surface area (Å²) in [4.78, 5) is 2.19. The van der Waals surface area contributed by atoms with Gasteiger partial charge < -0.3 is 10.2 Å². The molecule has 1 unspecified atom stereocenters. The van der Waals surface area contributed by atoms with E-state index >= 15 is 0 Å². The van der Waals surface area contributed by atoms with Gasteiger partial charge in [0.25, 0.3) is 0 Å². The molecule has 0 radical (unpaired) electrons. The van der Waals surface area contributed by atoms with Crippen LogP contribution in [-0.2, 0) is 0 Å². The highest BCUT2D eigenvalue weighted by molar-refractivity contribution is 5.54. The van der Waals surface area contributed by atoms with Gasteiger partial charge in [-0.15, -0.1) is 0 Å². The van der Waals surface area contributed by atoms with E-state index in [2.05, 4.69) is 17.1 Å². The molecule has 1 heterocycles. The van der Waals surface area contributed by atoms with E-state index in [1.54, 1.807) is 12.1 Å². The van der Waals surface area contributed by atoms with Crippen LogP contribution in [0.4, 0.5) is 10.1 Å². The molecule has 0 amide bonds. The highest BCUT2D eigenvalue weighted by atomic mass is 19.1. The van der Waals surface area contributed by atoms with Gasteiger partial charge in [0.2, 0.25) is 0 Å². The minimum absolute atomic E-state index is 0.0956. The quantitative estimate of drug-likeness (QED) is 0.849. The molecule has 1 atom stereocenters. The number of halogens is 1. The Kier molecular flexibility index (Phi) is 4.00. The van der Waals surface area contributed by atoms with Gasteiger partial charge >= 0.3 is 0 Å². The third-order valence-electron chi connectivity index (χ3n) is 3.48. The minimum atomic E-state index is -0.0956. The number of hydrogen-bond donors (Lipinski definition) is 1. The number of nitrogens with zero attached hydrogens (tertiary/aromatic N) is 1. The van der Waals surface area contributed by atoms with Crippen LogP contribution in [0.5, 0.6) is 0 Å². The molecular weight excluding hydrogens is 215 g/mol. The largest absolute Gasteiger partial charge is 0.367 e. The molecule has 3 heteroatoms. The maximum Gasteiger partial charge on any atom is 0.146 e. The normalized spacial score (nSPS) is 21.4. The molecule has 94 valence electrons. The molecular formula is C14H21FN2. The highest BCUT2D eigenvalue weighted by Gasteiger charge is 2.20. The van der Waals surface area contributed by atoms with Crippen LogP contribution in [-0.4, -0.2) is 25.7 Å². The van der Waals surface area contributed by atoms with Crippen LogP contribution in [0, 0.1) is 12.7 Å². The minimum Gasteiger partial charge on any atom is -0.367 e. The van der Waals surface area contributed by atoms with Gasteiger partial charge in [-0.3, -0.25) is 0 Å². The van der Waals surface area contributed by atoms with Crippen molar-refractivity contribution in [1.82, 2.24) is 5.32 Å². The van der Waals surface area contributed by atoms with Crippen LogP contribution in [0.25, 0.3) is 0 Å². The Morgan fingerprint density at radius 3 is 3.00 bits per heavy atom. The van der Waals surface area contributed by atoms with E-state index in [0.717, 1.165) is 43.7 Å². The van der Waals surface area contributed by atoms with E-state index in [0.29, 0.717) is 6.04 Å². The number of anilines is 1. The summed E-state index contributed by atoms with van der Waals surface area (Å²) in [5.74, 6) is -0.0956. The van der Waals surface area contributed by atoms with Crippen LogP contribution in [0.1, 0.15) is 25.3 Å².